The first-order chi connectivity index (χ1) is 11.7. The molecule has 0 aliphatic carbocycles. The topological polar surface area (TPSA) is 13.0 Å². The summed E-state index contributed by atoms with van der Waals surface area (Å²) < 4.78 is 0. The van der Waals surface area contributed by atoms with Gasteiger partial charge in [0.05, 0.1) is 0 Å². The van der Waals surface area contributed by atoms with Crippen LogP contribution in [0, 0.1) is 0 Å². The van der Waals surface area contributed by atoms with E-state index >= 15 is 0 Å². The van der Waals surface area contributed by atoms with Gasteiger partial charge in [-0.05, 0) is 58.6 Å². The van der Waals surface area contributed by atoms with Crippen molar-refractivity contribution in [2.75, 3.05) is 71.4 Å². The minimum atomic E-state index is 0.782. The van der Waals surface area contributed by atoms with Crippen molar-refractivity contribution < 1.29 is 0 Å². The maximum atomic E-state index is 2.69. The van der Waals surface area contributed by atoms with Crippen molar-refractivity contribution in [1.82, 2.24) is 14.7 Å². The lowest BCUT2D eigenvalue weighted by molar-refractivity contribution is 0.195. The third-order valence-electron chi connectivity index (χ3n) is 5.75. The van der Waals surface area contributed by atoms with Gasteiger partial charge >= 0.3 is 0 Å². The highest BCUT2D eigenvalue weighted by Gasteiger charge is 2.20. The van der Waals surface area contributed by atoms with E-state index in [0.29, 0.717) is 0 Å². The molecule has 4 nitrogen and oxygen atoms in total. The average molecular weight is 331 g/mol. The van der Waals surface area contributed by atoms with Crippen LogP contribution in [-0.2, 0) is 0 Å². The van der Waals surface area contributed by atoms with E-state index in [1.165, 1.54) is 64.2 Å². The summed E-state index contributed by atoms with van der Waals surface area (Å²) in [6.07, 6.45) is 4.04. The van der Waals surface area contributed by atoms with Gasteiger partial charge in [0.2, 0.25) is 0 Å². The number of benzene rings is 1. The number of anilines is 1. The second-order valence-corrected chi connectivity index (χ2v) is 7.55. The predicted octanol–water partition coefficient (Wildman–Crippen LogP) is 2.22. The third kappa shape index (κ3) is 4.95. The van der Waals surface area contributed by atoms with Crippen LogP contribution in [0.4, 0.5) is 5.69 Å². The number of hydrogen-bond donors (Lipinski definition) is 0. The van der Waals surface area contributed by atoms with Crippen molar-refractivity contribution in [1.29, 1.82) is 0 Å². The van der Waals surface area contributed by atoms with Crippen molar-refractivity contribution in [3.63, 3.8) is 0 Å². The molecule has 0 radical (unpaired) electrons. The molecular weight excluding hydrogens is 296 g/mol. The fourth-order valence-corrected chi connectivity index (χ4v) is 4.03. The van der Waals surface area contributed by atoms with Crippen molar-refractivity contribution >= 4 is 5.69 Å². The number of likely N-dealkylation sites (tertiary alicyclic amines) is 1. The quantitative estimate of drug-likeness (QED) is 0.821. The van der Waals surface area contributed by atoms with Crippen LogP contribution in [0.1, 0.15) is 19.3 Å². The SMILES string of the molecule is CN(C)[C@@H]1CCCN(CCN2CCN(c3ccccc3)CC2)CC1. The van der Waals surface area contributed by atoms with Crippen LogP contribution in [0.2, 0.25) is 0 Å². The van der Waals surface area contributed by atoms with Crippen molar-refractivity contribution in [3.05, 3.63) is 30.3 Å². The largest absolute Gasteiger partial charge is 0.369 e. The average Bonchev–Trinajstić information content (AvgIpc) is 2.87. The number of nitrogens with zero attached hydrogens (tertiary/aromatic N) is 4. The van der Waals surface area contributed by atoms with Gasteiger partial charge in [-0.3, -0.25) is 4.90 Å². The first kappa shape index (κ1) is 17.7. The lowest BCUT2D eigenvalue weighted by Gasteiger charge is -2.37. The second kappa shape index (κ2) is 8.84. The Morgan fingerprint density at radius 2 is 1.50 bits per heavy atom. The van der Waals surface area contributed by atoms with Crippen LogP contribution in [0.5, 0.6) is 0 Å². The molecule has 2 heterocycles. The van der Waals surface area contributed by atoms with Crippen LogP contribution < -0.4 is 4.90 Å². The summed E-state index contributed by atoms with van der Waals surface area (Å²) in [5.74, 6) is 0. The molecule has 2 aliphatic heterocycles. The van der Waals surface area contributed by atoms with Gasteiger partial charge < -0.3 is 14.7 Å². The molecule has 24 heavy (non-hydrogen) atoms. The zero-order valence-corrected chi connectivity index (χ0v) is 15.5. The van der Waals surface area contributed by atoms with Crippen molar-refractivity contribution in [2.45, 2.75) is 25.3 Å². The Morgan fingerprint density at radius 3 is 2.17 bits per heavy atom. The molecular formula is C20H34N4. The van der Waals surface area contributed by atoms with Gasteiger partial charge in [-0.25, -0.2) is 0 Å². The molecule has 1 aromatic carbocycles. The molecule has 2 aliphatic rings. The Labute approximate surface area is 148 Å². The smallest absolute Gasteiger partial charge is 0.0367 e. The van der Waals surface area contributed by atoms with E-state index in [4.69, 9.17) is 0 Å². The van der Waals surface area contributed by atoms with Crippen LogP contribution in [0.3, 0.4) is 0 Å². The van der Waals surface area contributed by atoms with Gasteiger partial charge in [0.15, 0.2) is 0 Å². The monoisotopic (exact) mass is 330 g/mol. The summed E-state index contributed by atoms with van der Waals surface area (Å²) in [6.45, 7) is 9.74. The van der Waals surface area contributed by atoms with Gasteiger partial charge in [0.1, 0.15) is 0 Å². The number of piperazine rings is 1. The molecule has 1 atom stereocenters. The van der Waals surface area contributed by atoms with Gasteiger partial charge in [-0.1, -0.05) is 18.2 Å². The molecule has 0 amide bonds. The van der Waals surface area contributed by atoms with Crippen LogP contribution in [0.25, 0.3) is 0 Å². The Balaban J connectivity index is 1.38. The molecule has 1 aromatic rings. The first-order valence-electron chi connectivity index (χ1n) is 9.63. The molecule has 2 fully saturated rings. The number of rotatable bonds is 5. The molecule has 0 bridgehead atoms. The summed E-state index contributed by atoms with van der Waals surface area (Å²) in [5, 5.41) is 0. The van der Waals surface area contributed by atoms with Crippen molar-refractivity contribution in [3.8, 4) is 0 Å². The normalized spacial score (nSPS) is 24.3. The van der Waals surface area contributed by atoms with E-state index in [2.05, 4.69) is 64.0 Å². The summed E-state index contributed by atoms with van der Waals surface area (Å²) >= 11 is 0. The zero-order valence-electron chi connectivity index (χ0n) is 15.5. The van der Waals surface area contributed by atoms with E-state index in [9.17, 15) is 0 Å². The summed E-state index contributed by atoms with van der Waals surface area (Å²) in [5.41, 5.74) is 1.37. The van der Waals surface area contributed by atoms with Gasteiger partial charge in [-0.2, -0.15) is 0 Å². The molecule has 0 N–H and O–H groups in total. The fourth-order valence-electron chi connectivity index (χ4n) is 4.03. The van der Waals surface area contributed by atoms with Gasteiger partial charge in [0, 0.05) is 51.0 Å². The number of para-hydroxylation sites is 1. The summed E-state index contributed by atoms with van der Waals surface area (Å²) in [4.78, 5) is 10.3. The lowest BCUT2D eigenvalue weighted by Crippen LogP contribution is -2.48. The highest BCUT2D eigenvalue weighted by Crippen LogP contribution is 2.17. The molecule has 2 saturated heterocycles. The minimum Gasteiger partial charge on any atom is -0.369 e. The van der Waals surface area contributed by atoms with Gasteiger partial charge in [-0.15, -0.1) is 0 Å². The number of hydrogen-bond acceptors (Lipinski definition) is 4. The molecule has 4 heteroatoms. The van der Waals surface area contributed by atoms with E-state index in [1.54, 1.807) is 0 Å². The Morgan fingerprint density at radius 1 is 0.833 bits per heavy atom. The van der Waals surface area contributed by atoms with Crippen LogP contribution in [0.15, 0.2) is 30.3 Å². The highest BCUT2D eigenvalue weighted by atomic mass is 15.3. The predicted molar refractivity (Wildman–Crippen MR) is 103 cm³/mol. The third-order valence-corrected chi connectivity index (χ3v) is 5.75. The van der Waals surface area contributed by atoms with E-state index in [1.807, 2.05) is 0 Å². The van der Waals surface area contributed by atoms with E-state index in [0.717, 1.165) is 19.1 Å². The van der Waals surface area contributed by atoms with Crippen molar-refractivity contribution in [2.24, 2.45) is 0 Å². The zero-order chi connectivity index (χ0) is 16.8. The molecule has 3 rings (SSSR count). The first-order valence-corrected chi connectivity index (χ1v) is 9.63. The molecule has 0 saturated carbocycles. The lowest BCUT2D eigenvalue weighted by atomic mass is 10.1. The molecule has 0 aromatic heterocycles. The molecule has 0 spiro atoms. The Bertz CT molecular complexity index is 468. The summed E-state index contributed by atoms with van der Waals surface area (Å²) in [6, 6.07) is 11.6. The van der Waals surface area contributed by atoms with E-state index < -0.39 is 0 Å². The van der Waals surface area contributed by atoms with Crippen LogP contribution in [-0.4, -0.2) is 87.2 Å². The standard InChI is InChI=1S/C20H34N4/c1-21(2)19-9-6-11-22(12-10-19)13-14-23-15-17-24(18-16-23)20-7-4-3-5-8-20/h3-5,7-8,19H,6,9-18H2,1-2H3/t19-/m1/s1. The molecule has 134 valence electrons. The maximum Gasteiger partial charge on any atom is 0.0367 e. The second-order valence-electron chi connectivity index (χ2n) is 7.55. The highest BCUT2D eigenvalue weighted by molar-refractivity contribution is 5.46. The van der Waals surface area contributed by atoms with E-state index in [-0.39, 0.29) is 0 Å². The molecule has 0 unspecified atom stereocenters. The minimum absolute atomic E-state index is 0.782. The Hall–Kier alpha value is -1.10. The van der Waals surface area contributed by atoms with Crippen LogP contribution >= 0.6 is 0 Å². The summed E-state index contributed by atoms with van der Waals surface area (Å²) in [7, 11) is 4.46. The Kier molecular flexibility index (Phi) is 6.52. The fraction of sp³-hybridized carbons (Fsp3) is 0.700. The maximum absolute atomic E-state index is 2.69. The van der Waals surface area contributed by atoms with Gasteiger partial charge in [0.25, 0.3) is 0 Å².